The standard InChI is InChI=1S/C14H16ClN3O/c1-9-4-5-12-11(7-9)13(19)18(14(15)17-12)10-3-2-6-16-8-10/h4-5,7,10,16H,2-3,6,8H2,1H3. The molecule has 1 aromatic carbocycles. The molecule has 5 heteroatoms. The molecule has 100 valence electrons. The predicted octanol–water partition coefficient (Wildman–Crippen LogP) is 2.28. The summed E-state index contributed by atoms with van der Waals surface area (Å²) in [4.78, 5) is 17.0. The van der Waals surface area contributed by atoms with E-state index in [0.717, 1.165) is 31.5 Å². The maximum Gasteiger partial charge on any atom is 0.262 e. The van der Waals surface area contributed by atoms with Gasteiger partial charge in [-0.2, -0.15) is 0 Å². The summed E-state index contributed by atoms with van der Waals surface area (Å²) in [5.74, 6) is 0. The second-order valence-electron chi connectivity index (χ2n) is 5.08. The van der Waals surface area contributed by atoms with Gasteiger partial charge in [0.05, 0.1) is 16.9 Å². The van der Waals surface area contributed by atoms with Crippen molar-refractivity contribution in [2.75, 3.05) is 13.1 Å². The van der Waals surface area contributed by atoms with Crippen molar-refractivity contribution >= 4 is 22.5 Å². The van der Waals surface area contributed by atoms with Crippen LogP contribution in [0, 0.1) is 6.92 Å². The number of aromatic nitrogens is 2. The fourth-order valence-electron chi connectivity index (χ4n) is 2.66. The van der Waals surface area contributed by atoms with Gasteiger partial charge in [-0.3, -0.25) is 9.36 Å². The summed E-state index contributed by atoms with van der Waals surface area (Å²) in [7, 11) is 0. The molecule has 1 saturated heterocycles. The molecular weight excluding hydrogens is 262 g/mol. The van der Waals surface area contributed by atoms with Gasteiger partial charge < -0.3 is 5.32 Å². The van der Waals surface area contributed by atoms with E-state index in [1.165, 1.54) is 0 Å². The second kappa shape index (κ2) is 4.94. The summed E-state index contributed by atoms with van der Waals surface area (Å²) in [6, 6.07) is 5.78. The monoisotopic (exact) mass is 277 g/mol. The van der Waals surface area contributed by atoms with Crippen LogP contribution in [0.25, 0.3) is 10.9 Å². The number of fused-ring (bicyclic) bond motifs is 1. The van der Waals surface area contributed by atoms with Gasteiger partial charge in [-0.1, -0.05) is 11.6 Å². The van der Waals surface area contributed by atoms with Gasteiger partial charge in [-0.15, -0.1) is 0 Å². The number of nitrogens with one attached hydrogen (secondary N) is 1. The Morgan fingerprint density at radius 1 is 1.47 bits per heavy atom. The Morgan fingerprint density at radius 3 is 3.05 bits per heavy atom. The van der Waals surface area contributed by atoms with Gasteiger partial charge in [0.25, 0.3) is 5.56 Å². The van der Waals surface area contributed by atoms with Crippen LogP contribution in [0.2, 0.25) is 5.28 Å². The molecule has 0 radical (unpaired) electrons. The summed E-state index contributed by atoms with van der Waals surface area (Å²) in [5, 5.41) is 4.24. The fraction of sp³-hybridized carbons (Fsp3) is 0.429. The summed E-state index contributed by atoms with van der Waals surface area (Å²) in [6.45, 7) is 3.75. The second-order valence-corrected chi connectivity index (χ2v) is 5.41. The zero-order valence-corrected chi connectivity index (χ0v) is 11.6. The maximum absolute atomic E-state index is 12.6. The fourth-order valence-corrected chi connectivity index (χ4v) is 2.96. The van der Waals surface area contributed by atoms with Crippen LogP contribution in [-0.4, -0.2) is 22.6 Å². The molecule has 1 N–H and O–H groups in total. The van der Waals surface area contributed by atoms with Crippen LogP contribution in [0.3, 0.4) is 0 Å². The number of halogens is 1. The minimum Gasteiger partial charge on any atom is -0.315 e. The molecule has 1 aliphatic rings. The van der Waals surface area contributed by atoms with Crippen molar-refractivity contribution in [1.29, 1.82) is 0 Å². The Kier molecular flexibility index (Phi) is 3.29. The largest absolute Gasteiger partial charge is 0.315 e. The van der Waals surface area contributed by atoms with Gasteiger partial charge in [-0.05, 0) is 50.0 Å². The highest BCUT2D eigenvalue weighted by atomic mass is 35.5. The molecule has 1 aliphatic heterocycles. The Hall–Kier alpha value is -1.39. The Labute approximate surface area is 116 Å². The zero-order valence-electron chi connectivity index (χ0n) is 10.8. The van der Waals surface area contributed by atoms with Crippen molar-refractivity contribution in [1.82, 2.24) is 14.9 Å². The Morgan fingerprint density at radius 2 is 2.32 bits per heavy atom. The average Bonchev–Trinajstić information content (AvgIpc) is 2.41. The molecule has 4 nitrogen and oxygen atoms in total. The van der Waals surface area contributed by atoms with Crippen LogP contribution in [0.15, 0.2) is 23.0 Å². The van der Waals surface area contributed by atoms with E-state index >= 15 is 0 Å². The molecule has 1 aromatic heterocycles. The van der Waals surface area contributed by atoms with E-state index in [9.17, 15) is 4.79 Å². The number of hydrogen-bond acceptors (Lipinski definition) is 3. The number of rotatable bonds is 1. The van der Waals surface area contributed by atoms with E-state index in [2.05, 4.69) is 10.3 Å². The molecule has 0 spiro atoms. The number of aryl methyl sites for hydroxylation is 1. The van der Waals surface area contributed by atoms with Crippen molar-refractivity contribution in [3.05, 3.63) is 39.4 Å². The normalized spacial score (nSPS) is 19.8. The topological polar surface area (TPSA) is 46.9 Å². The van der Waals surface area contributed by atoms with Crippen LogP contribution in [0.4, 0.5) is 0 Å². The van der Waals surface area contributed by atoms with Crippen molar-refractivity contribution in [2.24, 2.45) is 0 Å². The third kappa shape index (κ3) is 2.26. The first-order valence-corrected chi connectivity index (χ1v) is 6.94. The van der Waals surface area contributed by atoms with Crippen LogP contribution in [-0.2, 0) is 0 Å². The van der Waals surface area contributed by atoms with Crippen molar-refractivity contribution < 1.29 is 0 Å². The van der Waals surface area contributed by atoms with E-state index in [4.69, 9.17) is 11.6 Å². The van der Waals surface area contributed by atoms with Gasteiger partial charge >= 0.3 is 0 Å². The summed E-state index contributed by atoms with van der Waals surface area (Å²) in [6.07, 6.45) is 2.02. The molecule has 2 heterocycles. The van der Waals surface area contributed by atoms with Crippen molar-refractivity contribution in [3.8, 4) is 0 Å². The summed E-state index contributed by atoms with van der Waals surface area (Å²) in [5.41, 5.74) is 1.69. The van der Waals surface area contributed by atoms with Gasteiger partial charge in [0, 0.05) is 6.54 Å². The molecule has 1 atom stereocenters. The van der Waals surface area contributed by atoms with Gasteiger partial charge in [0.1, 0.15) is 0 Å². The zero-order chi connectivity index (χ0) is 13.4. The first kappa shape index (κ1) is 12.6. The maximum atomic E-state index is 12.6. The highest BCUT2D eigenvalue weighted by Gasteiger charge is 2.20. The van der Waals surface area contributed by atoms with E-state index < -0.39 is 0 Å². The third-order valence-electron chi connectivity index (χ3n) is 3.65. The van der Waals surface area contributed by atoms with Gasteiger partial charge in [-0.25, -0.2) is 4.98 Å². The van der Waals surface area contributed by atoms with Crippen LogP contribution < -0.4 is 10.9 Å². The van der Waals surface area contributed by atoms with Crippen LogP contribution >= 0.6 is 11.6 Å². The quantitative estimate of drug-likeness (QED) is 0.814. The molecule has 0 amide bonds. The molecule has 1 fully saturated rings. The lowest BCUT2D eigenvalue weighted by Crippen LogP contribution is -2.37. The van der Waals surface area contributed by atoms with E-state index in [1.54, 1.807) is 4.57 Å². The Balaban J connectivity index is 2.21. The lowest BCUT2D eigenvalue weighted by Gasteiger charge is -2.25. The number of nitrogens with zero attached hydrogens (tertiary/aromatic N) is 2. The molecular formula is C14H16ClN3O. The molecule has 0 saturated carbocycles. The molecule has 3 rings (SSSR count). The van der Waals surface area contributed by atoms with E-state index in [-0.39, 0.29) is 16.9 Å². The van der Waals surface area contributed by atoms with Crippen LogP contribution in [0.5, 0.6) is 0 Å². The SMILES string of the molecule is Cc1ccc2nc(Cl)n(C3CCCNC3)c(=O)c2c1. The number of benzene rings is 1. The van der Waals surface area contributed by atoms with Gasteiger partial charge in [0.2, 0.25) is 5.28 Å². The molecule has 2 aromatic rings. The minimum absolute atomic E-state index is 0.0348. The number of piperidine rings is 1. The smallest absolute Gasteiger partial charge is 0.262 e. The number of hydrogen-bond donors (Lipinski definition) is 1. The molecule has 0 bridgehead atoms. The first-order chi connectivity index (χ1) is 9.16. The van der Waals surface area contributed by atoms with Crippen LogP contribution in [0.1, 0.15) is 24.4 Å². The van der Waals surface area contributed by atoms with Crippen molar-refractivity contribution in [2.45, 2.75) is 25.8 Å². The van der Waals surface area contributed by atoms with E-state index in [1.807, 2.05) is 25.1 Å². The van der Waals surface area contributed by atoms with Gasteiger partial charge in [0.15, 0.2) is 0 Å². The molecule has 1 unspecified atom stereocenters. The minimum atomic E-state index is -0.0348. The average molecular weight is 278 g/mol. The first-order valence-electron chi connectivity index (χ1n) is 6.56. The highest BCUT2D eigenvalue weighted by molar-refractivity contribution is 6.28. The summed E-state index contributed by atoms with van der Waals surface area (Å²) >= 11 is 6.21. The lowest BCUT2D eigenvalue weighted by atomic mass is 10.1. The third-order valence-corrected chi connectivity index (χ3v) is 3.92. The predicted molar refractivity (Wildman–Crippen MR) is 76.9 cm³/mol. The van der Waals surface area contributed by atoms with E-state index in [0.29, 0.717) is 10.9 Å². The van der Waals surface area contributed by atoms with Crippen molar-refractivity contribution in [3.63, 3.8) is 0 Å². The Bertz CT molecular complexity index is 674. The molecule has 0 aliphatic carbocycles. The summed E-state index contributed by atoms with van der Waals surface area (Å²) < 4.78 is 1.63. The molecule has 19 heavy (non-hydrogen) atoms. The highest BCUT2D eigenvalue weighted by Crippen LogP contribution is 2.21. The lowest BCUT2D eigenvalue weighted by molar-refractivity contribution is 0.363.